The van der Waals surface area contributed by atoms with Gasteiger partial charge in [-0.15, -0.1) is 0 Å². The molecule has 2 aromatic carbocycles. The summed E-state index contributed by atoms with van der Waals surface area (Å²) in [6.07, 6.45) is 1.59. The van der Waals surface area contributed by atoms with E-state index in [4.69, 9.17) is 15.0 Å². The topological polar surface area (TPSA) is 106 Å². The Hall–Kier alpha value is -2.90. The third-order valence-corrected chi connectivity index (χ3v) is 5.22. The maximum atomic E-state index is 9.57. The number of hydrogen-bond acceptors (Lipinski definition) is 7. The van der Waals surface area contributed by atoms with E-state index in [0.717, 1.165) is 24.0 Å². The van der Waals surface area contributed by atoms with Crippen molar-refractivity contribution in [2.24, 2.45) is 0 Å². The van der Waals surface area contributed by atoms with Crippen LogP contribution in [-0.4, -0.2) is 34.0 Å². The van der Waals surface area contributed by atoms with E-state index in [1.54, 1.807) is 13.0 Å². The van der Waals surface area contributed by atoms with Crippen LogP contribution >= 0.6 is 0 Å². The van der Waals surface area contributed by atoms with E-state index in [2.05, 4.69) is 21.5 Å². The van der Waals surface area contributed by atoms with Gasteiger partial charge < -0.3 is 25.4 Å². The van der Waals surface area contributed by atoms with Crippen LogP contribution in [0.4, 0.5) is 5.69 Å². The van der Waals surface area contributed by atoms with Crippen LogP contribution in [0.15, 0.2) is 40.9 Å². The summed E-state index contributed by atoms with van der Waals surface area (Å²) in [5.74, 6) is 1.64. The Labute approximate surface area is 176 Å². The van der Waals surface area contributed by atoms with E-state index in [0.29, 0.717) is 29.7 Å². The fourth-order valence-electron chi connectivity index (χ4n) is 3.88. The monoisotopic (exact) mass is 408 g/mol. The molecule has 1 heterocycles. The second-order valence-electron chi connectivity index (χ2n) is 8.06. The van der Waals surface area contributed by atoms with E-state index in [1.165, 1.54) is 11.1 Å². The highest BCUT2D eigenvalue weighted by Gasteiger charge is 2.26. The zero-order valence-corrected chi connectivity index (χ0v) is 17.6. The van der Waals surface area contributed by atoms with Crippen LogP contribution in [-0.2, 0) is 6.42 Å². The first-order valence-corrected chi connectivity index (χ1v) is 10.4. The van der Waals surface area contributed by atoms with Crippen LogP contribution in [0.1, 0.15) is 44.4 Å². The van der Waals surface area contributed by atoms with Crippen molar-refractivity contribution in [3.63, 3.8) is 0 Å². The molecule has 0 saturated heterocycles. The Morgan fingerprint density at radius 1 is 1.27 bits per heavy atom. The molecule has 7 nitrogen and oxygen atoms in total. The van der Waals surface area contributed by atoms with Crippen molar-refractivity contribution in [2.75, 3.05) is 12.3 Å². The first-order valence-electron chi connectivity index (χ1n) is 10.4. The summed E-state index contributed by atoms with van der Waals surface area (Å²) in [6.45, 7) is 6.27. The molecule has 0 radical (unpaired) electrons. The van der Waals surface area contributed by atoms with Gasteiger partial charge in [0.1, 0.15) is 5.75 Å². The number of rotatable bonds is 7. The average Bonchev–Trinajstić information content (AvgIpc) is 3.34. The minimum absolute atomic E-state index is 0.0484. The standard InChI is InChI=1S/C23H28N4O3/c1-13(2)29-21-10-7-15(11-19(21)24)23-26-22(27-30-23)18-6-4-5-17-16(18)8-9-20(17)25-12-14(3)28/h4-7,10-11,13-14,20,25,28H,8-9,12,24H2,1-3H3/t14-,20?/m1/s1. The number of nitrogens with two attached hydrogens (primary N) is 1. The lowest BCUT2D eigenvalue weighted by atomic mass is 10.0. The van der Waals surface area contributed by atoms with E-state index < -0.39 is 0 Å². The highest BCUT2D eigenvalue weighted by molar-refractivity contribution is 5.69. The maximum Gasteiger partial charge on any atom is 0.258 e. The van der Waals surface area contributed by atoms with Gasteiger partial charge >= 0.3 is 0 Å². The van der Waals surface area contributed by atoms with E-state index in [-0.39, 0.29) is 18.2 Å². The normalized spacial score (nSPS) is 16.6. The van der Waals surface area contributed by atoms with Crippen molar-refractivity contribution in [3.05, 3.63) is 47.5 Å². The van der Waals surface area contributed by atoms with Crippen molar-refractivity contribution in [2.45, 2.75) is 51.9 Å². The van der Waals surface area contributed by atoms with Crippen molar-refractivity contribution >= 4 is 5.69 Å². The third-order valence-electron chi connectivity index (χ3n) is 5.22. The molecule has 0 aliphatic heterocycles. The van der Waals surface area contributed by atoms with Gasteiger partial charge in [0.2, 0.25) is 5.82 Å². The van der Waals surface area contributed by atoms with Gasteiger partial charge in [0.05, 0.1) is 17.9 Å². The highest BCUT2D eigenvalue weighted by atomic mass is 16.5. The minimum Gasteiger partial charge on any atom is -0.489 e. The molecule has 1 aliphatic carbocycles. The molecule has 1 aliphatic rings. The predicted molar refractivity (Wildman–Crippen MR) is 116 cm³/mol. The molecule has 0 amide bonds. The van der Waals surface area contributed by atoms with Gasteiger partial charge in [-0.1, -0.05) is 23.4 Å². The number of aromatic nitrogens is 2. The van der Waals surface area contributed by atoms with Gasteiger partial charge in [0.25, 0.3) is 5.89 Å². The van der Waals surface area contributed by atoms with Crippen LogP contribution in [0.3, 0.4) is 0 Å². The summed E-state index contributed by atoms with van der Waals surface area (Å²) < 4.78 is 11.2. The van der Waals surface area contributed by atoms with Gasteiger partial charge in [-0.25, -0.2) is 0 Å². The van der Waals surface area contributed by atoms with Gasteiger partial charge in [-0.3, -0.25) is 0 Å². The van der Waals surface area contributed by atoms with Gasteiger partial charge in [-0.05, 0) is 62.9 Å². The number of aliphatic hydroxyl groups is 1. The zero-order valence-electron chi connectivity index (χ0n) is 17.6. The van der Waals surface area contributed by atoms with Crippen molar-refractivity contribution < 1.29 is 14.4 Å². The Morgan fingerprint density at radius 2 is 2.10 bits per heavy atom. The third kappa shape index (κ3) is 4.17. The Bertz CT molecular complexity index is 1030. The number of benzene rings is 2. The molecule has 3 aromatic rings. The fraction of sp³-hybridized carbons (Fsp3) is 0.391. The maximum absolute atomic E-state index is 9.57. The fourth-order valence-corrected chi connectivity index (χ4v) is 3.88. The van der Waals surface area contributed by atoms with Crippen molar-refractivity contribution in [1.82, 2.24) is 15.5 Å². The highest BCUT2D eigenvalue weighted by Crippen LogP contribution is 2.37. The van der Waals surface area contributed by atoms with Crippen molar-refractivity contribution in [1.29, 1.82) is 0 Å². The van der Waals surface area contributed by atoms with Crippen molar-refractivity contribution in [3.8, 4) is 28.6 Å². The molecule has 0 bridgehead atoms. The minimum atomic E-state index is -0.373. The summed E-state index contributed by atoms with van der Waals surface area (Å²) in [5, 5.41) is 17.2. The number of fused-ring (bicyclic) bond motifs is 1. The number of nitrogens with one attached hydrogen (secondary N) is 1. The Kier molecular flexibility index (Phi) is 5.74. The zero-order chi connectivity index (χ0) is 21.3. The molecule has 0 spiro atoms. The van der Waals surface area contributed by atoms with Crippen LogP contribution in [0.25, 0.3) is 22.8 Å². The molecular formula is C23H28N4O3. The number of aliphatic hydroxyl groups excluding tert-OH is 1. The number of nitrogens with zero attached hydrogens (tertiary/aromatic N) is 2. The Balaban J connectivity index is 1.59. The van der Waals surface area contributed by atoms with Gasteiger partial charge in [0.15, 0.2) is 0 Å². The molecule has 0 fully saturated rings. The number of nitrogen functional groups attached to an aromatic ring is 1. The molecule has 1 aromatic heterocycles. The van der Waals surface area contributed by atoms with E-state index in [9.17, 15) is 5.11 Å². The van der Waals surface area contributed by atoms with Gasteiger partial charge in [-0.2, -0.15) is 4.98 Å². The molecule has 7 heteroatoms. The van der Waals surface area contributed by atoms with Crippen LogP contribution in [0.2, 0.25) is 0 Å². The Morgan fingerprint density at radius 3 is 2.83 bits per heavy atom. The molecule has 30 heavy (non-hydrogen) atoms. The molecule has 2 atom stereocenters. The van der Waals surface area contributed by atoms with Crippen LogP contribution < -0.4 is 15.8 Å². The number of ether oxygens (including phenoxy) is 1. The lowest BCUT2D eigenvalue weighted by Crippen LogP contribution is -2.27. The first kappa shape index (κ1) is 20.4. The summed E-state index contributed by atoms with van der Waals surface area (Å²) in [4.78, 5) is 4.62. The second kappa shape index (κ2) is 8.45. The van der Waals surface area contributed by atoms with E-state index >= 15 is 0 Å². The molecule has 0 saturated carbocycles. The smallest absolute Gasteiger partial charge is 0.258 e. The summed E-state index contributed by atoms with van der Waals surface area (Å²) in [5.41, 5.74) is 10.9. The molecule has 1 unspecified atom stereocenters. The lowest BCUT2D eigenvalue weighted by Gasteiger charge is -2.15. The molecule has 4 N–H and O–H groups in total. The molecular weight excluding hydrogens is 380 g/mol. The number of hydrogen-bond donors (Lipinski definition) is 3. The largest absolute Gasteiger partial charge is 0.489 e. The molecule has 158 valence electrons. The second-order valence-corrected chi connectivity index (χ2v) is 8.06. The average molecular weight is 409 g/mol. The molecule has 4 rings (SSSR count). The SMILES string of the molecule is CC(C)Oc1ccc(-c2nc(-c3cccc4c3CCC4NC[C@@H](C)O)no2)cc1N. The summed E-state index contributed by atoms with van der Waals surface area (Å²) >= 11 is 0. The lowest BCUT2D eigenvalue weighted by molar-refractivity contribution is 0.186. The predicted octanol–water partition coefficient (Wildman–Crippen LogP) is 3.73. The van der Waals surface area contributed by atoms with Gasteiger partial charge in [0, 0.05) is 23.7 Å². The number of anilines is 1. The first-order chi connectivity index (χ1) is 14.4. The quantitative estimate of drug-likeness (QED) is 0.511. The van der Waals surface area contributed by atoms with E-state index in [1.807, 2.05) is 38.1 Å². The van der Waals surface area contributed by atoms with Crippen LogP contribution in [0, 0.1) is 0 Å². The van der Waals surface area contributed by atoms with Crippen LogP contribution in [0.5, 0.6) is 5.75 Å². The summed E-state index contributed by atoms with van der Waals surface area (Å²) in [6, 6.07) is 11.9. The summed E-state index contributed by atoms with van der Waals surface area (Å²) in [7, 11) is 0.